The van der Waals surface area contributed by atoms with E-state index in [1.807, 2.05) is 32.0 Å². The number of amides is 1. The predicted octanol–water partition coefficient (Wildman–Crippen LogP) is 4.47. The lowest BCUT2D eigenvalue weighted by atomic mass is 10.1. The van der Waals surface area contributed by atoms with E-state index in [0.29, 0.717) is 10.7 Å². The Bertz CT molecular complexity index is 705. The van der Waals surface area contributed by atoms with Crippen LogP contribution in [0.2, 0.25) is 5.02 Å². The van der Waals surface area contributed by atoms with Crippen LogP contribution in [0.15, 0.2) is 42.5 Å². The molecule has 0 heterocycles. The Morgan fingerprint density at radius 1 is 1.17 bits per heavy atom. The van der Waals surface area contributed by atoms with Crippen molar-refractivity contribution in [2.45, 2.75) is 32.9 Å². The minimum Gasteiger partial charge on any atom is -0.324 e. The van der Waals surface area contributed by atoms with Crippen LogP contribution in [0.5, 0.6) is 0 Å². The zero-order valence-electron chi connectivity index (χ0n) is 13.4. The summed E-state index contributed by atoms with van der Waals surface area (Å²) < 4.78 is 13.3. The van der Waals surface area contributed by atoms with Gasteiger partial charge in [0.15, 0.2) is 0 Å². The van der Waals surface area contributed by atoms with E-state index in [1.54, 1.807) is 19.1 Å². The molecule has 2 aromatic carbocycles. The minimum atomic E-state index is -0.438. The van der Waals surface area contributed by atoms with E-state index in [0.717, 1.165) is 11.1 Å². The van der Waals surface area contributed by atoms with Crippen molar-refractivity contribution in [2.75, 3.05) is 5.32 Å². The van der Waals surface area contributed by atoms with E-state index in [2.05, 4.69) is 10.6 Å². The van der Waals surface area contributed by atoms with E-state index >= 15 is 0 Å². The van der Waals surface area contributed by atoms with Gasteiger partial charge in [-0.05, 0) is 56.2 Å². The molecule has 122 valence electrons. The molecule has 2 rings (SSSR count). The maximum atomic E-state index is 13.3. The summed E-state index contributed by atoms with van der Waals surface area (Å²) in [5.41, 5.74) is 2.30. The number of carbonyl (C=O) groups excluding carboxylic acids is 1. The molecule has 0 aliphatic carbocycles. The molecule has 2 unspecified atom stereocenters. The number of carbonyl (C=O) groups is 1. The first-order chi connectivity index (χ1) is 10.9. The second-order valence-electron chi connectivity index (χ2n) is 5.61. The zero-order valence-corrected chi connectivity index (χ0v) is 14.1. The Kier molecular flexibility index (Phi) is 5.74. The monoisotopic (exact) mass is 334 g/mol. The SMILES string of the molecule is Cc1ccc(F)cc1NC(=O)C(C)NC(C)c1cccc(Cl)c1. The van der Waals surface area contributed by atoms with Crippen LogP contribution >= 0.6 is 11.6 Å². The molecule has 2 atom stereocenters. The largest absolute Gasteiger partial charge is 0.324 e. The van der Waals surface area contributed by atoms with E-state index in [1.165, 1.54) is 12.1 Å². The van der Waals surface area contributed by atoms with Crippen molar-refractivity contribution in [2.24, 2.45) is 0 Å². The molecule has 23 heavy (non-hydrogen) atoms. The van der Waals surface area contributed by atoms with Crippen LogP contribution in [0.25, 0.3) is 0 Å². The maximum Gasteiger partial charge on any atom is 0.241 e. The maximum absolute atomic E-state index is 13.3. The first-order valence-corrected chi connectivity index (χ1v) is 7.83. The van der Waals surface area contributed by atoms with Gasteiger partial charge >= 0.3 is 0 Å². The van der Waals surface area contributed by atoms with Crippen molar-refractivity contribution < 1.29 is 9.18 Å². The molecule has 0 fully saturated rings. The van der Waals surface area contributed by atoms with Gasteiger partial charge in [0.1, 0.15) is 5.82 Å². The van der Waals surface area contributed by atoms with Gasteiger partial charge in [-0.25, -0.2) is 4.39 Å². The smallest absolute Gasteiger partial charge is 0.241 e. The van der Waals surface area contributed by atoms with Gasteiger partial charge in [-0.1, -0.05) is 29.8 Å². The van der Waals surface area contributed by atoms with Crippen LogP contribution < -0.4 is 10.6 Å². The van der Waals surface area contributed by atoms with Crippen LogP contribution in [0, 0.1) is 12.7 Å². The number of benzene rings is 2. The van der Waals surface area contributed by atoms with Gasteiger partial charge < -0.3 is 5.32 Å². The van der Waals surface area contributed by atoms with Crippen LogP contribution in [0.3, 0.4) is 0 Å². The highest BCUT2D eigenvalue weighted by Crippen LogP contribution is 2.19. The van der Waals surface area contributed by atoms with Crippen LogP contribution in [0.4, 0.5) is 10.1 Å². The van der Waals surface area contributed by atoms with Crippen molar-refractivity contribution in [1.29, 1.82) is 0 Å². The van der Waals surface area contributed by atoms with E-state index in [4.69, 9.17) is 11.6 Å². The molecule has 2 aromatic rings. The summed E-state index contributed by atoms with van der Waals surface area (Å²) in [7, 11) is 0. The fraction of sp³-hybridized carbons (Fsp3) is 0.278. The van der Waals surface area contributed by atoms with Crippen LogP contribution in [-0.4, -0.2) is 11.9 Å². The minimum absolute atomic E-state index is 0.0388. The number of nitrogens with one attached hydrogen (secondary N) is 2. The third-order valence-electron chi connectivity index (χ3n) is 3.70. The van der Waals surface area contributed by atoms with Crippen molar-refractivity contribution in [3.8, 4) is 0 Å². The number of hydrogen-bond donors (Lipinski definition) is 2. The summed E-state index contributed by atoms with van der Waals surface area (Å²) in [6, 6.07) is 11.3. The fourth-order valence-electron chi connectivity index (χ4n) is 2.29. The summed E-state index contributed by atoms with van der Waals surface area (Å²) in [5, 5.41) is 6.62. The van der Waals surface area contributed by atoms with E-state index in [-0.39, 0.29) is 17.8 Å². The molecule has 0 aliphatic rings. The van der Waals surface area contributed by atoms with Crippen molar-refractivity contribution in [1.82, 2.24) is 5.32 Å². The Morgan fingerprint density at radius 3 is 2.61 bits per heavy atom. The number of hydrogen-bond acceptors (Lipinski definition) is 2. The highest BCUT2D eigenvalue weighted by molar-refractivity contribution is 6.30. The Labute approximate surface area is 140 Å². The second-order valence-corrected chi connectivity index (χ2v) is 6.05. The fourth-order valence-corrected chi connectivity index (χ4v) is 2.49. The van der Waals surface area contributed by atoms with Gasteiger partial charge in [0.05, 0.1) is 6.04 Å². The highest BCUT2D eigenvalue weighted by atomic mass is 35.5. The number of rotatable bonds is 5. The van der Waals surface area contributed by atoms with Crippen molar-refractivity contribution >= 4 is 23.2 Å². The Balaban J connectivity index is 2.01. The first kappa shape index (κ1) is 17.4. The average molecular weight is 335 g/mol. The molecule has 0 spiro atoms. The van der Waals surface area contributed by atoms with Crippen molar-refractivity contribution in [3.05, 3.63) is 64.4 Å². The molecule has 0 saturated carbocycles. The third-order valence-corrected chi connectivity index (χ3v) is 3.93. The van der Waals surface area contributed by atoms with Gasteiger partial charge in [0, 0.05) is 16.8 Å². The lowest BCUT2D eigenvalue weighted by Gasteiger charge is -2.20. The Morgan fingerprint density at radius 2 is 1.91 bits per heavy atom. The topological polar surface area (TPSA) is 41.1 Å². The van der Waals surface area contributed by atoms with Gasteiger partial charge in [0.25, 0.3) is 0 Å². The second kappa shape index (κ2) is 7.57. The molecule has 0 aromatic heterocycles. The van der Waals surface area contributed by atoms with Gasteiger partial charge in [-0.15, -0.1) is 0 Å². The summed E-state index contributed by atoms with van der Waals surface area (Å²) in [5.74, 6) is -0.591. The molecule has 3 nitrogen and oxygen atoms in total. The zero-order chi connectivity index (χ0) is 17.0. The predicted molar refractivity (Wildman–Crippen MR) is 92.2 cm³/mol. The number of halogens is 2. The van der Waals surface area contributed by atoms with Gasteiger partial charge in [-0.3, -0.25) is 10.1 Å². The Hall–Kier alpha value is -1.91. The standard InChI is InChI=1S/C18H20ClFN2O/c1-11-7-8-16(20)10-17(11)22-18(23)13(3)21-12(2)14-5-4-6-15(19)9-14/h4-10,12-13,21H,1-3H3,(H,22,23). The van der Waals surface area contributed by atoms with Crippen LogP contribution in [0.1, 0.15) is 31.0 Å². The molecule has 0 aliphatic heterocycles. The lowest BCUT2D eigenvalue weighted by Crippen LogP contribution is -2.39. The highest BCUT2D eigenvalue weighted by Gasteiger charge is 2.17. The van der Waals surface area contributed by atoms with Crippen LogP contribution in [-0.2, 0) is 4.79 Å². The molecular weight excluding hydrogens is 315 g/mol. The number of aryl methyl sites for hydroxylation is 1. The molecule has 5 heteroatoms. The van der Waals surface area contributed by atoms with Gasteiger partial charge in [-0.2, -0.15) is 0 Å². The molecule has 1 amide bonds. The molecule has 0 bridgehead atoms. The van der Waals surface area contributed by atoms with E-state index in [9.17, 15) is 9.18 Å². The third kappa shape index (κ3) is 4.78. The first-order valence-electron chi connectivity index (χ1n) is 7.45. The van der Waals surface area contributed by atoms with Gasteiger partial charge in [0.2, 0.25) is 5.91 Å². The number of anilines is 1. The quantitative estimate of drug-likeness (QED) is 0.847. The lowest BCUT2D eigenvalue weighted by molar-refractivity contribution is -0.117. The summed E-state index contributed by atoms with van der Waals surface area (Å²) in [4.78, 5) is 12.3. The normalized spacial score (nSPS) is 13.4. The molecular formula is C18H20ClFN2O. The summed E-state index contributed by atoms with van der Waals surface area (Å²) in [6.45, 7) is 5.55. The van der Waals surface area contributed by atoms with E-state index < -0.39 is 6.04 Å². The summed E-state index contributed by atoms with van der Waals surface area (Å²) in [6.07, 6.45) is 0. The van der Waals surface area contributed by atoms with Crippen molar-refractivity contribution in [3.63, 3.8) is 0 Å². The summed E-state index contributed by atoms with van der Waals surface area (Å²) >= 11 is 5.98. The average Bonchev–Trinajstić information content (AvgIpc) is 2.50. The molecule has 0 saturated heterocycles. The molecule has 0 radical (unpaired) electrons. The molecule has 2 N–H and O–H groups in total.